The summed E-state index contributed by atoms with van der Waals surface area (Å²) in [6.45, 7) is 6.29. The fraction of sp³-hybridized carbons (Fsp3) is 0.571. The van der Waals surface area contributed by atoms with Gasteiger partial charge in [0.05, 0.1) is 12.6 Å². The molecule has 2 atom stereocenters. The van der Waals surface area contributed by atoms with E-state index < -0.39 is 0 Å². The topological polar surface area (TPSA) is 26.7 Å². The Balaban J connectivity index is 2.29. The van der Waals surface area contributed by atoms with Crippen LogP contribution < -0.4 is 4.90 Å². The molecule has 1 N–H and O–H groups in total. The lowest BCUT2D eigenvalue weighted by Gasteiger charge is -2.45. The smallest absolute Gasteiger partial charge is 0.0648 e. The monoisotopic (exact) mass is 268 g/mol. The van der Waals surface area contributed by atoms with Gasteiger partial charge in [0.2, 0.25) is 0 Å². The van der Waals surface area contributed by atoms with Crippen LogP contribution >= 0.6 is 11.6 Å². The van der Waals surface area contributed by atoms with E-state index in [2.05, 4.69) is 36.8 Å². The number of likely N-dealkylation sites (N-methyl/N-ethyl adjacent to an activating group) is 1. The van der Waals surface area contributed by atoms with Crippen LogP contribution in [0.4, 0.5) is 5.69 Å². The van der Waals surface area contributed by atoms with Crippen LogP contribution in [0.15, 0.2) is 18.2 Å². The zero-order valence-corrected chi connectivity index (χ0v) is 12.0. The largest absolute Gasteiger partial charge is 0.394 e. The molecule has 0 radical (unpaired) electrons. The van der Waals surface area contributed by atoms with Crippen molar-refractivity contribution in [1.29, 1.82) is 0 Å². The number of hydrogen-bond acceptors (Lipinski definition) is 3. The van der Waals surface area contributed by atoms with Crippen molar-refractivity contribution < 1.29 is 5.11 Å². The highest BCUT2D eigenvalue weighted by Gasteiger charge is 2.29. The van der Waals surface area contributed by atoms with Gasteiger partial charge in [-0.2, -0.15) is 0 Å². The van der Waals surface area contributed by atoms with Gasteiger partial charge in [-0.15, -0.1) is 0 Å². The zero-order valence-electron chi connectivity index (χ0n) is 11.2. The van der Waals surface area contributed by atoms with Crippen molar-refractivity contribution in [1.82, 2.24) is 4.90 Å². The number of aliphatic hydroxyl groups is 1. The quantitative estimate of drug-likeness (QED) is 0.890. The van der Waals surface area contributed by atoms with Crippen molar-refractivity contribution in [2.24, 2.45) is 0 Å². The number of rotatable bonds is 2. The van der Waals surface area contributed by atoms with Crippen LogP contribution in [0.3, 0.4) is 0 Å². The summed E-state index contributed by atoms with van der Waals surface area (Å²) < 4.78 is 0. The summed E-state index contributed by atoms with van der Waals surface area (Å²) in [4.78, 5) is 4.60. The second-order valence-electron chi connectivity index (χ2n) is 5.21. The molecule has 18 heavy (non-hydrogen) atoms. The molecule has 1 heterocycles. The van der Waals surface area contributed by atoms with Crippen LogP contribution in [0.2, 0.25) is 5.02 Å². The number of halogens is 1. The minimum Gasteiger partial charge on any atom is -0.394 e. The molecule has 100 valence electrons. The van der Waals surface area contributed by atoms with E-state index in [1.165, 1.54) is 5.69 Å². The van der Waals surface area contributed by atoms with E-state index in [0.717, 1.165) is 23.7 Å². The van der Waals surface area contributed by atoms with Gasteiger partial charge in [-0.25, -0.2) is 0 Å². The molecule has 0 aromatic heterocycles. The van der Waals surface area contributed by atoms with Crippen LogP contribution in [-0.4, -0.2) is 48.8 Å². The second-order valence-corrected chi connectivity index (χ2v) is 5.64. The van der Waals surface area contributed by atoms with E-state index in [-0.39, 0.29) is 12.6 Å². The van der Waals surface area contributed by atoms with E-state index in [1.54, 1.807) is 0 Å². The van der Waals surface area contributed by atoms with Crippen molar-refractivity contribution in [2.45, 2.75) is 25.9 Å². The summed E-state index contributed by atoms with van der Waals surface area (Å²) >= 11 is 6.00. The molecular weight excluding hydrogens is 248 g/mol. The maximum atomic E-state index is 9.58. The molecule has 1 aromatic rings. The number of anilines is 1. The highest BCUT2D eigenvalue weighted by Crippen LogP contribution is 2.28. The first kappa shape index (κ1) is 13.7. The summed E-state index contributed by atoms with van der Waals surface area (Å²) in [5, 5.41) is 10.3. The average molecular weight is 269 g/mol. The first-order valence-electron chi connectivity index (χ1n) is 6.37. The van der Waals surface area contributed by atoms with Crippen LogP contribution in [0.1, 0.15) is 12.5 Å². The van der Waals surface area contributed by atoms with E-state index in [9.17, 15) is 5.11 Å². The summed E-state index contributed by atoms with van der Waals surface area (Å²) in [5.74, 6) is 0. The van der Waals surface area contributed by atoms with E-state index in [1.807, 2.05) is 12.1 Å². The van der Waals surface area contributed by atoms with Crippen LogP contribution in [0, 0.1) is 6.92 Å². The second kappa shape index (κ2) is 5.47. The van der Waals surface area contributed by atoms with Gasteiger partial charge < -0.3 is 10.0 Å². The van der Waals surface area contributed by atoms with Gasteiger partial charge in [-0.3, -0.25) is 4.90 Å². The normalized spacial score (nSPS) is 25.5. The van der Waals surface area contributed by atoms with E-state index in [0.29, 0.717) is 6.04 Å². The van der Waals surface area contributed by atoms with E-state index >= 15 is 0 Å². The maximum Gasteiger partial charge on any atom is 0.0648 e. The predicted octanol–water partition coefficient (Wildman–Crippen LogP) is 2.15. The summed E-state index contributed by atoms with van der Waals surface area (Å²) in [6.07, 6.45) is 0. The Bertz CT molecular complexity index is 424. The van der Waals surface area contributed by atoms with Crippen molar-refractivity contribution in [3.05, 3.63) is 28.8 Å². The lowest BCUT2D eigenvalue weighted by Crippen LogP contribution is -2.57. The van der Waals surface area contributed by atoms with Crippen molar-refractivity contribution >= 4 is 17.3 Å². The fourth-order valence-corrected chi connectivity index (χ4v) is 2.80. The minimum atomic E-state index is 0.158. The number of aliphatic hydroxyl groups excluding tert-OH is 1. The third-order valence-corrected chi connectivity index (χ3v) is 4.07. The van der Waals surface area contributed by atoms with Crippen molar-refractivity contribution in [2.75, 3.05) is 31.6 Å². The van der Waals surface area contributed by atoms with E-state index in [4.69, 9.17) is 11.6 Å². The Hall–Kier alpha value is -0.770. The molecule has 4 heteroatoms. The number of benzene rings is 1. The maximum absolute atomic E-state index is 9.58. The Morgan fingerprint density at radius 3 is 2.72 bits per heavy atom. The molecule has 2 rings (SSSR count). The minimum absolute atomic E-state index is 0.158. The lowest BCUT2D eigenvalue weighted by atomic mass is 10.1. The Labute approximate surface area is 114 Å². The fourth-order valence-electron chi connectivity index (χ4n) is 2.58. The molecule has 2 unspecified atom stereocenters. The van der Waals surface area contributed by atoms with Crippen molar-refractivity contribution in [3.8, 4) is 0 Å². The predicted molar refractivity (Wildman–Crippen MR) is 76.5 cm³/mol. The van der Waals surface area contributed by atoms with Gasteiger partial charge in [-0.1, -0.05) is 11.6 Å². The number of piperazine rings is 1. The molecular formula is C14H21ClN2O. The Kier molecular flexibility index (Phi) is 4.15. The Morgan fingerprint density at radius 1 is 1.39 bits per heavy atom. The van der Waals surface area contributed by atoms with Crippen LogP contribution in [0.25, 0.3) is 0 Å². The van der Waals surface area contributed by atoms with Crippen molar-refractivity contribution in [3.63, 3.8) is 0 Å². The molecule has 0 aliphatic carbocycles. The van der Waals surface area contributed by atoms with Gasteiger partial charge in [0.25, 0.3) is 0 Å². The van der Waals surface area contributed by atoms with Gasteiger partial charge in [0.15, 0.2) is 0 Å². The van der Waals surface area contributed by atoms with Crippen LogP contribution in [-0.2, 0) is 0 Å². The molecule has 1 aromatic carbocycles. The molecule has 0 spiro atoms. The molecule has 0 amide bonds. The van der Waals surface area contributed by atoms with Crippen LogP contribution in [0.5, 0.6) is 0 Å². The molecule has 1 aliphatic heterocycles. The lowest BCUT2D eigenvalue weighted by molar-refractivity contribution is 0.155. The molecule has 3 nitrogen and oxygen atoms in total. The summed E-state index contributed by atoms with van der Waals surface area (Å²) in [7, 11) is 2.11. The first-order valence-corrected chi connectivity index (χ1v) is 6.74. The highest BCUT2D eigenvalue weighted by molar-refractivity contribution is 6.30. The number of hydrogen-bond donors (Lipinski definition) is 1. The van der Waals surface area contributed by atoms with Gasteiger partial charge >= 0.3 is 0 Å². The number of aryl methyl sites for hydroxylation is 1. The standard InChI is InChI=1S/C14H21ClN2O/c1-10-6-12(15)4-5-14(10)17-7-11(2)16(3)8-13(17)9-18/h4-6,11,13,18H,7-9H2,1-3H3. The first-order chi connectivity index (χ1) is 8.52. The van der Waals surface area contributed by atoms with Gasteiger partial charge in [0, 0.05) is 29.8 Å². The highest BCUT2D eigenvalue weighted by atomic mass is 35.5. The SMILES string of the molecule is Cc1cc(Cl)ccc1N1CC(C)N(C)CC1CO. The average Bonchev–Trinajstić information content (AvgIpc) is 2.32. The zero-order chi connectivity index (χ0) is 13.3. The molecule has 1 aliphatic rings. The third-order valence-electron chi connectivity index (χ3n) is 3.83. The summed E-state index contributed by atoms with van der Waals surface area (Å²) in [5.41, 5.74) is 2.34. The molecule has 1 fully saturated rings. The molecule has 0 saturated carbocycles. The number of nitrogens with zero attached hydrogens (tertiary/aromatic N) is 2. The summed E-state index contributed by atoms with van der Waals surface area (Å²) in [6, 6.07) is 6.60. The third kappa shape index (κ3) is 2.63. The van der Waals surface area contributed by atoms with Gasteiger partial charge in [0.1, 0.15) is 0 Å². The Morgan fingerprint density at radius 2 is 2.11 bits per heavy atom. The van der Waals surface area contributed by atoms with Gasteiger partial charge in [-0.05, 0) is 44.7 Å². The molecule has 1 saturated heterocycles. The molecule has 0 bridgehead atoms.